The van der Waals surface area contributed by atoms with E-state index in [0.717, 1.165) is 6.42 Å². The smallest absolute Gasteiger partial charge is 0.0268 e. The van der Waals surface area contributed by atoms with Crippen LogP contribution in [0.3, 0.4) is 0 Å². The molecule has 2 unspecified atom stereocenters. The van der Waals surface area contributed by atoms with Crippen LogP contribution >= 0.6 is 0 Å². The first-order valence-corrected chi connectivity index (χ1v) is 8.02. The summed E-state index contributed by atoms with van der Waals surface area (Å²) in [5, 5.41) is 0. The molecule has 0 aromatic heterocycles. The van der Waals surface area contributed by atoms with E-state index in [1.807, 2.05) is 26.0 Å². The molecule has 2 aromatic rings. The summed E-state index contributed by atoms with van der Waals surface area (Å²) in [5.41, 5.74) is 18.0. The summed E-state index contributed by atoms with van der Waals surface area (Å²) in [6.07, 6.45) is 1.08. The van der Waals surface area contributed by atoms with Gasteiger partial charge in [-0.1, -0.05) is 49.4 Å². The third kappa shape index (κ3) is 5.28. The lowest BCUT2D eigenvalue weighted by atomic mass is 9.99. The number of hydrogen-bond acceptors (Lipinski definition) is 2. The molecule has 0 heterocycles. The zero-order valence-corrected chi connectivity index (χ0v) is 14.6. The van der Waals surface area contributed by atoms with Crippen molar-refractivity contribution in [3.05, 3.63) is 70.3 Å². The molecule has 0 amide bonds. The van der Waals surface area contributed by atoms with Crippen molar-refractivity contribution in [1.82, 2.24) is 0 Å². The minimum atomic E-state index is 0.150. The predicted octanol–water partition coefficient (Wildman–Crippen LogP) is 4.59. The SMILES string of the molecule is CCc1ccc(C)c(C(C)N)c1.Cc1ccccc1C(C)N. The molecule has 2 nitrogen and oxygen atoms in total. The molecule has 120 valence electrons. The molecule has 0 fully saturated rings. The third-order valence-corrected chi connectivity index (χ3v) is 3.92. The molecule has 0 aliphatic heterocycles. The molecule has 0 aliphatic rings. The van der Waals surface area contributed by atoms with Crippen molar-refractivity contribution >= 4 is 0 Å². The second-order valence-corrected chi connectivity index (χ2v) is 5.98. The largest absolute Gasteiger partial charge is 0.324 e. The summed E-state index contributed by atoms with van der Waals surface area (Å²) in [6, 6.07) is 15.0. The van der Waals surface area contributed by atoms with Crippen molar-refractivity contribution in [1.29, 1.82) is 0 Å². The second kappa shape index (κ2) is 8.72. The van der Waals surface area contributed by atoms with E-state index >= 15 is 0 Å². The highest BCUT2D eigenvalue weighted by Crippen LogP contribution is 2.17. The molecule has 2 rings (SSSR count). The Bertz CT molecular complexity index is 586. The van der Waals surface area contributed by atoms with E-state index in [9.17, 15) is 0 Å². The van der Waals surface area contributed by atoms with Gasteiger partial charge in [0.05, 0.1) is 0 Å². The first-order chi connectivity index (χ1) is 10.4. The molecule has 2 atom stereocenters. The highest BCUT2D eigenvalue weighted by molar-refractivity contribution is 5.33. The van der Waals surface area contributed by atoms with Crippen molar-refractivity contribution in [2.45, 2.75) is 53.1 Å². The first kappa shape index (κ1) is 18.4. The molecule has 4 N–H and O–H groups in total. The number of rotatable bonds is 3. The van der Waals surface area contributed by atoms with Crippen LogP contribution in [0.4, 0.5) is 0 Å². The van der Waals surface area contributed by atoms with Crippen molar-refractivity contribution in [2.75, 3.05) is 0 Å². The molecular weight excluding hydrogens is 268 g/mol. The highest BCUT2D eigenvalue weighted by atomic mass is 14.6. The Morgan fingerprint density at radius 1 is 0.818 bits per heavy atom. The summed E-state index contributed by atoms with van der Waals surface area (Å²) in [6.45, 7) is 10.4. The topological polar surface area (TPSA) is 52.0 Å². The van der Waals surface area contributed by atoms with Gasteiger partial charge in [0.1, 0.15) is 0 Å². The normalized spacial score (nSPS) is 13.0. The molecule has 0 radical (unpaired) electrons. The lowest BCUT2D eigenvalue weighted by Gasteiger charge is -2.10. The van der Waals surface area contributed by atoms with Crippen LogP contribution in [-0.4, -0.2) is 0 Å². The summed E-state index contributed by atoms with van der Waals surface area (Å²) >= 11 is 0. The molecule has 0 aliphatic carbocycles. The van der Waals surface area contributed by atoms with Crippen LogP contribution in [0.5, 0.6) is 0 Å². The number of nitrogens with two attached hydrogens (primary N) is 2. The van der Waals surface area contributed by atoms with Crippen molar-refractivity contribution < 1.29 is 0 Å². The quantitative estimate of drug-likeness (QED) is 0.870. The monoisotopic (exact) mass is 298 g/mol. The molecule has 2 aromatic carbocycles. The minimum absolute atomic E-state index is 0.150. The van der Waals surface area contributed by atoms with E-state index in [2.05, 4.69) is 51.1 Å². The van der Waals surface area contributed by atoms with Crippen LogP contribution in [0.1, 0.15) is 60.7 Å². The Morgan fingerprint density at radius 2 is 1.36 bits per heavy atom. The Balaban J connectivity index is 0.000000224. The fraction of sp³-hybridized carbons (Fsp3) is 0.400. The molecule has 0 bridgehead atoms. The van der Waals surface area contributed by atoms with Crippen molar-refractivity contribution in [3.63, 3.8) is 0 Å². The highest BCUT2D eigenvalue weighted by Gasteiger charge is 2.03. The van der Waals surface area contributed by atoms with Crippen LogP contribution in [0.25, 0.3) is 0 Å². The summed E-state index contributed by atoms with van der Waals surface area (Å²) in [7, 11) is 0. The zero-order valence-electron chi connectivity index (χ0n) is 14.6. The average Bonchev–Trinajstić information content (AvgIpc) is 2.48. The van der Waals surface area contributed by atoms with Gasteiger partial charge in [0.2, 0.25) is 0 Å². The maximum absolute atomic E-state index is 5.84. The number of hydrogen-bond donors (Lipinski definition) is 2. The van der Waals surface area contributed by atoms with Crippen LogP contribution in [-0.2, 0) is 6.42 Å². The third-order valence-electron chi connectivity index (χ3n) is 3.92. The minimum Gasteiger partial charge on any atom is -0.324 e. The second-order valence-electron chi connectivity index (χ2n) is 5.98. The van der Waals surface area contributed by atoms with E-state index in [0.29, 0.717) is 0 Å². The Kier molecular flexibility index (Phi) is 7.30. The van der Waals surface area contributed by atoms with E-state index in [4.69, 9.17) is 11.5 Å². The zero-order chi connectivity index (χ0) is 16.7. The maximum atomic E-state index is 5.84. The van der Waals surface area contributed by atoms with Gasteiger partial charge in [-0.05, 0) is 61.9 Å². The van der Waals surface area contributed by atoms with Crippen LogP contribution in [0, 0.1) is 13.8 Å². The molecule has 0 saturated carbocycles. The lowest BCUT2D eigenvalue weighted by Crippen LogP contribution is -2.07. The van der Waals surface area contributed by atoms with E-state index in [-0.39, 0.29) is 12.1 Å². The fourth-order valence-electron chi connectivity index (χ4n) is 2.50. The van der Waals surface area contributed by atoms with Gasteiger partial charge in [-0.3, -0.25) is 0 Å². The van der Waals surface area contributed by atoms with Crippen molar-refractivity contribution in [3.8, 4) is 0 Å². The van der Waals surface area contributed by atoms with Crippen LogP contribution < -0.4 is 11.5 Å². The van der Waals surface area contributed by atoms with Crippen LogP contribution in [0.15, 0.2) is 42.5 Å². The Hall–Kier alpha value is -1.64. The van der Waals surface area contributed by atoms with Crippen molar-refractivity contribution in [2.24, 2.45) is 11.5 Å². The van der Waals surface area contributed by atoms with E-state index in [1.165, 1.54) is 27.8 Å². The maximum Gasteiger partial charge on any atom is 0.0268 e. The van der Waals surface area contributed by atoms with E-state index < -0.39 is 0 Å². The molecule has 2 heteroatoms. The van der Waals surface area contributed by atoms with E-state index in [1.54, 1.807) is 0 Å². The molecular formula is C20H30N2. The van der Waals surface area contributed by atoms with Gasteiger partial charge >= 0.3 is 0 Å². The van der Waals surface area contributed by atoms with Gasteiger partial charge in [-0.25, -0.2) is 0 Å². The van der Waals surface area contributed by atoms with Gasteiger partial charge in [0.25, 0.3) is 0 Å². The molecule has 0 spiro atoms. The fourth-order valence-corrected chi connectivity index (χ4v) is 2.50. The summed E-state index contributed by atoms with van der Waals surface area (Å²) < 4.78 is 0. The molecule has 0 saturated heterocycles. The van der Waals surface area contributed by atoms with Gasteiger partial charge in [-0.2, -0.15) is 0 Å². The predicted molar refractivity (Wildman–Crippen MR) is 96.9 cm³/mol. The average molecular weight is 298 g/mol. The van der Waals surface area contributed by atoms with Crippen LogP contribution in [0.2, 0.25) is 0 Å². The Labute approximate surface area is 135 Å². The first-order valence-electron chi connectivity index (χ1n) is 8.02. The van der Waals surface area contributed by atoms with Gasteiger partial charge in [0, 0.05) is 12.1 Å². The lowest BCUT2D eigenvalue weighted by molar-refractivity contribution is 0.807. The molecule has 22 heavy (non-hydrogen) atoms. The Morgan fingerprint density at radius 3 is 1.82 bits per heavy atom. The number of aryl methyl sites for hydroxylation is 3. The van der Waals surface area contributed by atoms with Gasteiger partial charge in [0.15, 0.2) is 0 Å². The summed E-state index contributed by atoms with van der Waals surface area (Å²) in [5.74, 6) is 0. The van der Waals surface area contributed by atoms with Gasteiger partial charge < -0.3 is 11.5 Å². The number of benzene rings is 2. The summed E-state index contributed by atoms with van der Waals surface area (Å²) in [4.78, 5) is 0. The standard InChI is InChI=1S/C11H17N.C9H13N/c1-4-10-6-5-8(2)11(7-10)9(3)12;1-7-5-3-4-6-9(7)8(2)10/h5-7,9H,4,12H2,1-3H3;3-6,8H,10H2,1-2H3. The van der Waals surface area contributed by atoms with Gasteiger partial charge in [-0.15, -0.1) is 0 Å².